The van der Waals surface area contributed by atoms with Gasteiger partial charge in [-0.1, -0.05) is 6.92 Å². The number of rotatable bonds is 6. The van der Waals surface area contributed by atoms with E-state index in [-0.39, 0.29) is 22.6 Å². The summed E-state index contributed by atoms with van der Waals surface area (Å²) in [7, 11) is 3.48. The van der Waals surface area contributed by atoms with E-state index in [1.54, 1.807) is 19.2 Å². The second-order valence-electron chi connectivity index (χ2n) is 5.99. The first-order chi connectivity index (χ1) is 13.4. The van der Waals surface area contributed by atoms with Gasteiger partial charge in [-0.3, -0.25) is 4.79 Å². The number of nitrogens with one attached hydrogen (secondary N) is 1. The summed E-state index contributed by atoms with van der Waals surface area (Å²) in [5.41, 5.74) is 0.732. The largest absolute Gasteiger partial charge is 0.453 e. The van der Waals surface area contributed by atoms with E-state index in [9.17, 15) is 14.4 Å². The van der Waals surface area contributed by atoms with E-state index in [1.165, 1.54) is 41.2 Å². The van der Waals surface area contributed by atoms with Crippen LogP contribution >= 0.6 is 12.1 Å². The molecule has 1 N–H and O–H groups in total. The van der Waals surface area contributed by atoms with Crippen LogP contribution in [0.3, 0.4) is 0 Å². The van der Waals surface area contributed by atoms with Crippen molar-refractivity contribution in [3.63, 3.8) is 0 Å². The van der Waals surface area contributed by atoms with Gasteiger partial charge in [-0.05, 0) is 37.4 Å². The molecule has 0 saturated heterocycles. The monoisotopic (exact) mass is 399 g/mol. The molecule has 0 saturated carbocycles. The maximum absolute atomic E-state index is 14.4. The van der Waals surface area contributed by atoms with E-state index in [1.807, 2.05) is 24.3 Å². The highest BCUT2D eigenvalue weighted by molar-refractivity contribution is 7.98. The van der Waals surface area contributed by atoms with Crippen molar-refractivity contribution in [2.45, 2.75) is 6.92 Å². The fourth-order valence-corrected chi connectivity index (χ4v) is 2.97. The maximum Gasteiger partial charge on any atom is 0.261 e. The topological polar surface area (TPSA) is 83.2 Å². The molecule has 2 aromatic carbocycles. The van der Waals surface area contributed by atoms with E-state index in [0.29, 0.717) is 16.6 Å². The number of benzene rings is 2. The lowest BCUT2D eigenvalue weighted by Crippen LogP contribution is -2.16. The Hall–Kier alpha value is -3.09. The lowest BCUT2D eigenvalue weighted by Gasteiger charge is -2.16. The zero-order valence-corrected chi connectivity index (χ0v) is 16.4. The standard InChI is InChI=1S/C19H18FN5O2S/c1-4-25(3)28-23-17-8-6-15(20)18(14(17)10-21)27-12-5-7-16-13(9-12)19(26)24(2)11-22-16/h5-9,11,23H,4H2,1-3H3. The van der Waals surface area contributed by atoms with Gasteiger partial charge in [0.1, 0.15) is 17.4 Å². The summed E-state index contributed by atoms with van der Waals surface area (Å²) >= 11 is 1.29. The zero-order chi connectivity index (χ0) is 20.3. The summed E-state index contributed by atoms with van der Waals surface area (Å²) in [5.74, 6) is -0.633. The van der Waals surface area contributed by atoms with Crippen LogP contribution in [-0.2, 0) is 7.05 Å². The summed E-state index contributed by atoms with van der Waals surface area (Å²) in [6.45, 7) is 2.77. The minimum atomic E-state index is -0.671. The molecule has 1 heterocycles. The van der Waals surface area contributed by atoms with Crippen LogP contribution in [0.4, 0.5) is 10.1 Å². The highest BCUT2D eigenvalue weighted by atomic mass is 32.2. The average Bonchev–Trinajstić information content (AvgIpc) is 2.71. The minimum Gasteiger partial charge on any atom is -0.453 e. The number of hydrogen-bond donors (Lipinski definition) is 1. The second-order valence-corrected chi connectivity index (χ2v) is 7.00. The van der Waals surface area contributed by atoms with Gasteiger partial charge in [0.25, 0.3) is 5.56 Å². The lowest BCUT2D eigenvalue weighted by atomic mass is 10.1. The predicted octanol–water partition coefficient (Wildman–Crippen LogP) is 3.66. The molecule has 0 aliphatic heterocycles. The van der Waals surface area contributed by atoms with E-state index < -0.39 is 5.82 Å². The van der Waals surface area contributed by atoms with Crippen molar-refractivity contribution in [1.29, 1.82) is 5.26 Å². The summed E-state index contributed by atoms with van der Waals surface area (Å²) in [5, 5.41) is 9.90. The maximum atomic E-state index is 14.4. The third-order valence-corrected chi connectivity index (χ3v) is 4.97. The first-order valence-electron chi connectivity index (χ1n) is 8.44. The molecule has 3 rings (SSSR count). The molecule has 144 valence electrons. The Kier molecular flexibility index (Phi) is 5.82. The van der Waals surface area contributed by atoms with E-state index in [0.717, 1.165) is 6.54 Å². The molecule has 0 aliphatic carbocycles. The number of fused-ring (bicyclic) bond motifs is 1. The van der Waals surface area contributed by atoms with Crippen LogP contribution in [0.15, 0.2) is 41.5 Å². The number of halogens is 1. The third kappa shape index (κ3) is 3.93. The van der Waals surface area contributed by atoms with Gasteiger partial charge >= 0.3 is 0 Å². The summed E-state index contributed by atoms with van der Waals surface area (Å²) in [6.07, 6.45) is 1.43. The smallest absolute Gasteiger partial charge is 0.261 e. The van der Waals surface area contributed by atoms with Crippen molar-refractivity contribution in [1.82, 2.24) is 13.9 Å². The molecular weight excluding hydrogens is 381 g/mol. The fourth-order valence-electron chi connectivity index (χ4n) is 2.42. The Morgan fingerprint density at radius 2 is 2.18 bits per heavy atom. The van der Waals surface area contributed by atoms with Gasteiger partial charge in [0, 0.05) is 25.7 Å². The molecule has 7 nitrogen and oxygen atoms in total. The van der Waals surface area contributed by atoms with E-state index >= 15 is 0 Å². The van der Waals surface area contributed by atoms with Gasteiger partial charge in [0.15, 0.2) is 11.6 Å². The first kappa shape index (κ1) is 19.7. The minimum absolute atomic E-state index is 0.0381. The molecule has 0 unspecified atom stereocenters. The predicted molar refractivity (Wildman–Crippen MR) is 108 cm³/mol. The Bertz CT molecular complexity index is 1130. The number of aryl methyl sites for hydroxylation is 1. The number of ether oxygens (including phenoxy) is 1. The average molecular weight is 399 g/mol. The van der Waals surface area contributed by atoms with Gasteiger partial charge in [-0.15, -0.1) is 0 Å². The Balaban J connectivity index is 2.00. The van der Waals surface area contributed by atoms with Crippen LogP contribution in [0.5, 0.6) is 11.5 Å². The number of nitrogens with zero attached hydrogens (tertiary/aromatic N) is 4. The zero-order valence-electron chi connectivity index (χ0n) is 15.6. The van der Waals surface area contributed by atoms with Crippen LogP contribution < -0.4 is 15.0 Å². The summed E-state index contributed by atoms with van der Waals surface area (Å²) < 4.78 is 26.4. The summed E-state index contributed by atoms with van der Waals surface area (Å²) in [6, 6.07) is 9.38. The molecule has 0 bridgehead atoms. The van der Waals surface area contributed by atoms with Crippen molar-refractivity contribution in [2.24, 2.45) is 7.05 Å². The summed E-state index contributed by atoms with van der Waals surface area (Å²) in [4.78, 5) is 16.4. The molecule has 9 heteroatoms. The van der Waals surface area contributed by atoms with Crippen LogP contribution in [-0.4, -0.2) is 27.4 Å². The van der Waals surface area contributed by atoms with Gasteiger partial charge < -0.3 is 14.0 Å². The molecular formula is C19H18FN5O2S. The van der Waals surface area contributed by atoms with E-state index in [2.05, 4.69) is 9.71 Å². The quantitative estimate of drug-likeness (QED) is 0.633. The van der Waals surface area contributed by atoms with Crippen molar-refractivity contribution >= 4 is 28.7 Å². The van der Waals surface area contributed by atoms with Crippen LogP contribution in [0, 0.1) is 17.1 Å². The van der Waals surface area contributed by atoms with Gasteiger partial charge in [-0.2, -0.15) is 5.26 Å². The van der Waals surface area contributed by atoms with Crippen molar-refractivity contribution in [2.75, 3.05) is 18.3 Å². The van der Waals surface area contributed by atoms with Gasteiger partial charge in [-0.25, -0.2) is 13.7 Å². The van der Waals surface area contributed by atoms with Crippen LogP contribution in [0.2, 0.25) is 0 Å². The molecule has 0 atom stereocenters. The highest BCUT2D eigenvalue weighted by Crippen LogP contribution is 2.34. The van der Waals surface area contributed by atoms with Crippen LogP contribution in [0.25, 0.3) is 10.9 Å². The molecule has 0 amide bonds. The molecule has 0 aliphatic rings. The van der Waals surface area contributed by atoms with E-state index in [4.69, 9.17) is 4.74 Å². The van der Waals surface area contributed by atoms with Crippen LogP contribution in [0.1, 0.15) is 12.5 Å². The molecule has 1 aromatic heterocycles. The number of hydrogen-bond acceptors (Lipinski definition) is 7. The van der Waals surface area contributed by atoms with Crippen molar-refractivity contribution in [3.05, 3.63) is 58.4 Å². The lowest BCUT2D eigenvalue weighted by molar-refractivity contribution is 0.441. The number of nitriles is 1. The molecule has 0 spiro atoms. The highest BCUT2D eigenvalue weighted by Gasteiger charge is 2.17. The SMILES string of the molecule is CCN(C)SNc1ccc(F)c(Oc2ccc3ncn(C)c(=O)c3c2)c1C#N. The van der Waals surface area contributed by atoms with Crippen molar-refractivity contribution < 1.29 is 9.13 Å². The number of aromatic nitrogens is 2. The fraction of sp³-hybridized carbons (Fsp3) is 0.211. The molecule has 0 radical (unpaired) electrons. The Labute approximate surface area is 165 Å². The third-order valence-electron chi connectivity index (χ3n) is 4.09. The molecule has 28 heavy (non-hydrogen) atoms. The Morgan fingerprint density at radius 1 is 1.39 bits per heavy atom. The molecule has 3 aromatic rings. The van der Waals surface area contributed by atoms with Crippen molar-refractivity contribution in [3.8, 4) is 17.6 Å². The number of anilines is 1. The second kappa shape index (κ2) is 8.29. The first-order valence-corrected chi connectivity index (χ1v) is 9.22. The molecule has 0 fully saturated rings. The Morgan fingerprint density at radius 3 is 2.89 bits per heavy atom. The normalized spacial score (nSPS) is 10.9. The van der Waals surface area contributed by atoms with Gasteiger partial charge in [0.05, 0.1) is 22.9 Å². The van der Waals surface area contributed by atoms with Gasteiger partial charge in [0.2, 0.25) is 0 Å².